The van der Waals surface area contributed by atoms with Gasteiger partial charge in [0.2, 0.25) is 0 Å². The van der Waals surface area contributed by atoms with E-state index >= 15 is 0 Å². The summed E-state index contributed by atoms with van der Waals surface area (Å²) in [6, 6.07) is 11.2. The minimum absolute atomic E-state index is 0.507. The number of halogens is 1. The van der Waals surface area contributed by atoms with E-state index in [9.17, 15) is 5.11 Å². The van der Waals surface area contributed by atoms with E-state index in [-0.39, 0.29) is 0 Å². The number of methoxy groups -OCH3 is 1. The summed E-state index contributed by atoms with van der Waals surface area (Å²) in [4.78, 5) is 0. The van der Waals surface area contributed by atoms with Gasteiger partial charge in [-0.15, -0.1) is 0 Å². The Kier molecular flexibility index (Phi) is 4.13. The molecular formula is C16H17ClO2. The second kappa shape index (κ2) is 5.64. The molecule has 19 heavy (non-hydrogen) atoms. The highest BCUT2D eigenvalue weighted by Crippen LogP contribution is 2.36. The molecule has 0 bridgehead atoms. The molecule has 1 unspecified atom stereocenters. The van der Waals surface area contributed by atoms with Crippen LogP contribution in [0.4, 0.5) is 0 Å². The zero-order valence-corrected chi connectivity index (χ0v) is 12.0. The first-order valence-electron chi connectivity index (χ1n) is 6.12. The lowest BCUT2D eigenvalue weighted by Gasteiger charge is -2.19. The Morgan fingerprint density at radius 1 is 1.11 bits per heavy atom. The second-order valence-corrected chi connectivity index (χ2v) is 4.95. The average Bonchev–Trinajstić information content (AvgIpc) is 2.40. The molecule has 2 aromatic carbocycles. The van der Waals surface area contributed by atoms with Crippen LogP contribution in [0.5, 0.6) is 5.75 Å². The molecule has 1 N–H and O–H groups in total. The topological polar surface area (TPSA) is 29.5 Å². The zero-order valence-electron chi connectivity index (χ0n) is 11.3. The normalized spacial score (nSPS) is 12.3. The molecule has 100 valence electrons. The number of hydrogen-bond donors (Lipinski definition) is 1. The van der Waals surface area contributed by atoms with E-state index in [0.29, 0.717) is 16.3 Å². The molecule has 0 aliphatic rings. The first kappa shape index (κ1) is 13.9. The number of rotatable bonds is 3. The molecule has 0 aliphatic heterocycles. The van der Waals surface area contributed by atoms with Crippen LogP contribution in [0.15, 0.2) is 36.4 Å². The highest BCUT2D eigenvalue weighted by atomic mass is 35.5. The van der Waals surface area contributed by atoms with Gasteiger partial charge < -0.3 is 9.84 Å². The third-order valence-corrected chi connectivity index (χ3v) is 3.78. The summed E-state index contributed by atoms with van der Waals surface area (Å²) in [7, 11) is 1.57. The van der Waals surface area contributed by atoms with Crippen LogP contribution >= 0.6 is 11.6 Å². The number of ether oxygens (including phenoxy) is 1. The van der Waals surface area contributed by atoms with Crippen LogP contribution in [0.3, 0.4) is 0 Å². The van der Waals surface area contributed by atoms with E-state index < -0.39 is 6.10 Å². The van der Waals surface area contributed by atoms with Crippen LogP contribution in [-0.2, 0) is 0 Å². The molecule has 2 aromatic rings. The van der Waals surface area contributed by atoms with Gasteiger partial charge >= 0.3 is 0 Å². The number of aliphatic hydroxyl groups excluding tert-OH is 1. The van der Waals surface area contributed by atoms with Crippen molar-refractivity contribution >= 4 is 11.6 Å². The summed E-state index contributed by atoms with van der Waals surface area (Å²) in [5, 5.41) is 11.1. The van der Waals surface area contributed by atoms with Gasteiger partial charge in [-0.2, -0.15) is 0 Å². The molecule has 0 fully saturated rings. The number of hydrogen-bond acceptors (Lipinski definition) is 2. The van der Waals surface area contributed by atoms with Gasteiger partial charge in [0, 0.05) is 5.56 Å². The monoisotopic (exact) mass is 276 g/mol. The van der Waals surface area contributed by atoms with Gasteiger partial charge in [0.25, 0.3) is 0 Å². The smallest absolute Gasteiger partial charge is 0.126 e. The fraction of sp³-hybridized carbons (Fsp3) is 0.250. The molecule has 2 rings (SSSR count). The van der Waals surface area contributed by atoms with E-state index in [0.717, 1.165) is 16.7 Å². The predicted molar refractivity (Wildman–Crippen MR) is 78.0 cm³/mol. The van der Waals surface area contributed by atoms with Gasteiger partial charge in [-0.25, -0.2) is 0 Å². The Hall–Kier alpha value is -1.51. The van der Waals surface area contributed by atoms with Crippen LogP contribution < -0.4 is 4.74 Å². The molecule has 0 amide bonds. The Labute approximate surface area is 118 Å². The molecule has 0 spiro atoms. The maximum atomic E-state index is 10.6. The lowest BCUT2D eigenvalue weighted by molar-refractivity contribution is 0.214. The number of aliphatic hydroxyl groups is 1. The Morgan fingerprint density at radius 3 is 2.47 bits per heavy atom. The number of benzene rings is 2. The summed E-state index contributed by atoms with van der Waals surface area (Å²) < 4.78 is 5.29. The maximum Gasteiger partial charge on any atom is 0.126 e. The average molecular weight is 277 g/mol. The molecule has 0 saturated carbocycles. The fourth-order valence-corrected chi connectivity index (χ4v) is 2.46. The summed E-state index contributed by atoms with van der Waals surface area (Å²) in [6.45, 7) is 4.02. The lowest BCUT2D eigenvalue weighted by atomic mass is 9.94. The molecule has 0 radical (unpaired) electrons. The van der Waals surface area contributed by atoms with Crippen molar-refractivity contribution in [3.8, 4) is 5.75 Å². The first-order valence-corrected chi connectivity index (χ1v) is 6.50. The highest BCUT2D eigenvalue weighted by molar-refractivity contribution is 6.31. The Bertz CT molecular complexity index is 593. The minimum atomic E-state index is -0.788. The van der Waals surface area contributed by atoms with Crippen molar-refractivity contribution in [2.24, 2.45) is 0 Å². The van der Waals surface area contributed by atoms with Gasteiger partial charge in [0.05, 0.1) is 12.1 Å². The third-order valence-electron chi connectivity index (χ3n) is 3.45. The molecule has 0 saturated heterocycles. The van der Waals surface area contributed by atoms with E-state index in [1.54, 1.807) is 25.3 Å². The first-order chi connectivity index (χ1) is 9.06. The molecule has 0 heterocycles. The van der Waals surface area contributed by atoms with Gasteiger partial charge in [-0.3, -0.25) is 0 Å². The molecule has 2 nitrogen and oxygen atoms in total. The molecule has 0 aromatic heterocycles. The van der Waals surface area contributed by atoms with Crippen LogP contribution in [-0.4, -0.2) is 12.2 Å². The quantitative estimate of drug-likeness (QED) is 0.916. The van der Waals surface area contributed by atoms with Crippen LogP contribution in [0.1, 0.15) is 28.4 Å². The fourth-order valence-electron chi connectivity index (χ4n) is 2.19. The van der Waals surface area contributed by atoms with Crippen molar-refractivity contribution in [3.63, 3.8) is 0 Å². The maximum absolute atomic E-state index is 10.6. The summed E-state index contributed by atoms with van der Waals surface area (Å²) in [6.07, 6.45) is -0.788. The van der Waals surface area contributed by atoms with Crippen LogP contribution in [0, 0.1) is 13.8 Å². The van der Waals surface area contributed by atoms with E-state index in [4.69, 9.17) is 16.3 Å². The van der Waals surface area contributed by atoms with E-state index in [2.05, 4.69) is 0 Å². The summed E-state index contributed by atoms with van der Waals surface area (Å²) in [5.74, 6) is 0.598. The molecular weight excluding hydrogens is 260 g/mol. The highest BCUT2D eigenvalue weighted by Gasteiger charge is 2.20. The van der Waals surface area contributed by atoms with Crippen molar-refractivity contribution in [2.45, 2.75) is 20.0 Å². The van der Waals surface area contributed by atoms with Crippen LogP contribution in [0.25, 0.3) is 0 Å². The third kappa shape index (κ3) is 2.60. The predicted octanol–water partition coefficient (Wildman–Crippen LogP) is 4.05. The standard InChI is InChI=1S/C16H17ClO2/c1-10-6-4-7-12(11(10)2)16(18)15-13(17)8-5-9-14(15)19-3/h4-9,16,18H,1-3H3. The van der Waals surface area contributed by atoms with Crippen molar-refractivity contribution in [1.29, 1.82) is 0 Å². The van der Waals surface area contributed by atoms with Crippen molar-refractivity contribution in [2.75, 3.05) is 7.11 Å². The summed E-state index contributed by atoms with van der Waals surface area (Å²) >= 11 is 6.21. The van der Waals surface area contributed by atoms with Gasteiger partial charge in [-0.1, -0.05) is 35.9 Å². The zero-order chi connectivity index (χ0) is 14.0. The summed E-state index contributed by atoms with van der Waals surface area (Å²) in [5.41, 5.74) is 3.67. The molecule has 0 aliphatic carbocycles. The molecule has 1 atom stereocenters. The Morgan fingerprint density at radius 2 is 1.79 bits per heavy atom. The van der Waals surface area contributed by atoms with Gasteiger partial charge in [0.15, 0.2) is 0 Å². The van der Waals surface area contributed by atoms with E-state index in [1.165, 1.54) is 0 Å². The van der Waals surface area contributed by atoms with E-state index in [1.807, 2.05) is 32.0 Å². The molecule has 3 heteroatoms. The van der Waals surface area contributed by atoms with Gasteiger partial charge in [-0.05, 0) is 42.7 Å². The van der Waals surface area contributed by atoms with Crippen molar-refractivity contribution in [1.82, 2.24) is 0 Å². The minimum Gasteiger partial charge on any atom is -0.496 e. The van der Waals surface area contributed by atoms with Crippen molar-refractivity contribution < 1.29 is 9.84 Å². The lowest BCUT2D eigenvalue weighted by Crippen LogP contribution is -2.06. The second-order valence-electron chi connectivity index (χ2n) is 4.55. The largest absolute Gasteiger partial charge is 0.496 e. The number of aryl methyl sites for hydroxylation is 1. The Balaban J connectivity index is 2.56. The van der Waals surface area contributed by atoms with Gasteiger partial charge in [0.1, 0.15) is 11.9 Å². The van der Waals surface area contributed by atoms with Crippen molar-refractivity contribution in [3.05, 3.63) is 63.7 Å². The SMILES string of the molecule is COc1cccc(Cl)c1C(O)c1cccc(C)c1C. The van der Waals surface area contributed by atoms with Crippen LogP contribution in [0.2, 0.25) is 5.02 Å².